The highest BCUT2D eigenvalue weighted by Gasteiger charge is 2.07. The van der Waals surface area contributed by atoms with Gasteiger partial charge in [-0.05, 0) is 12.3 Å². The largest absolute Gasteiger partial charge is 0.384 e. The Hall–Kier alpha value is -1.03. The van der Waals surface area contributed by atoms with E-state index in [1.807, 2.05) is 17.9 Å². The van der Waals surface area contributed by atoms with E-state index in [9.17, 15) is 0 Å². The summed E-state index contributed by atoms with van der Waals surface area (Å²) < 4.78 is 6.94. The van der Waals surface area contributed by atoms with Gasteiger partial charge in [0.25, 0.3) is 0 Å². The molecule has 0 amide bonds. The highest BCUT2D eigenvalue weighted by Crippen LogP contribution is 2.14. The Balaban J connectivity index is 2.49. The lowest BCUT2D eigenvalue weighted by atomic mass is 10.2. The van der Waals surface area contributed by atoms with E-state index < -0.39 is 0 Å². The van der Waals surface area contributed by atoms with Crippen molar-refractivity contribution in [3.8, 4) is 0 Å². The Morgan fingerprint density at radius 2 is 2.33 bits per heavy atom. The quantitative estimate of drug-likeness (QED) is 0.778. The fourth-order valence-corrected chi connectivity index (χ4v) is 1.57. The van der Waals surface area contributed by atoms with Gasteiger partial charge in [0.1, 0.15) is 0 Å². The number of hydrogen-bond donors (Lipinski definition) is 1. The molecule has 86 valence electrons. The normalized spacial score (nSPS) is 12.8. The van der Waals surface area contributed by atoms with E-state index in [2.05, 4.69) is 24.3 Å². The van der Waals surface area contributed by atoms with E-state index in [1.54, 1.807) is 7.11 Å². The molecule has 0 aliphatic carbocycles. The molecule has 0 aliphatic rings. The second kappa shape index (κ2) is 5.75. The molecule has 4 heteroatoms. The SMILES string of the molecule is CCc1nn(C)cc1NCC(C)COC. The molecule has 1 aromatic heterocycles. The monoisotopic (exact) mass is 211 g/mol. The first-order valence-electron chi connectivity index (χ1n) is 5.42. The number of nitrogens with zero attached hydrogens (tertiary/aromatic N) is 2. The van der Waals surface area contributed by atoms with E-state index in [4.69, 9.17) is 4.74 Å². The van der Waals surface area contributed by atoms with Gasteiger partial charge in [0.15, 0.2) is 0 Å². The summed E-state index contributed by atoms with van der Waals surface area (Å²) >= 11 is 0. The number of hydrogen-bond acceptors (Lipinski definition) is 3. The zero-order valence-corrected chi connectivity index (χ0v) is 10.1. The van der Waals surface area contributed by atoms with Crippen LogP contribution in [0.4, 0.5) is 5.69 Å². The Kier molecular flexibility index (Phi) is 4.62. The third kappa shape index (κ3) is 3.55. The van der Waals surface area contributed by atoms with Gasteiger partial charge in [-0.1, -0.05) is 13.8 Å². The maximum Gasteiger partial charge on any atom is 0.0853 e. The van der Waals surface area contributed by atoms with Gasteiger partial charge < -0.3 is 10.1 Å². The average molecular weight is 211 g/mol. The number of aryl methyl sites for hydroxylation is 2. The lowest BCUT2D eigenvalue weighted by molar-refractivity contribution is 0.164. The molecule has 1 N–H and O–H groups in total. The van der Waals surface area contributed by atoms with Crippen LogP contribution in [0.1, 0.15) is 19.5 Å². The van der Waals surface area contributed by atoms with E-state index in [-0.39, 0.29) is 0 Å². The fraction of sp³-hybridized carbons (Fsp3) is 0.727. The van der Waals surface area contributed by atoms with Crippen LogP contribution in [-0.2, 0) is 18.2 Å². The highest BCUT2D eigenvalue weighted by molar-refractivity contribution is 5.46. The number of methoxy groups -OCH3 is 1. The predicted molar refractivity (Wildman–Crippen MR) is 62.1 cm³/mol. The summed E-state index contributed by atoms with van der Waals surface area (Å²) in [6.07, 6.45) is 2.99. The van der Waals surface area contributed by atoms with Crippen LogP contribution in [0, 0.1) is 5.92 Å². The number of anilines is 1. The van der Waals surface area contributed by atoms with Crippen molar-refractivity contribution < 1.29 is 4.74 Å². The second-order valence-corrected chi connectivity index (χ2v) is 3.96. The molecule has 0 fully saturated rings. The number of nitrogens with one attached hydrogen (secondary N) is 1. The molecule has 0 aliphatic heterocycles. The topological polar surface area (TPSA) is 39.1 Å². The molecule has 0 saturated carbocycles. The molecule has 1 heterocycles. The number of rotatable bonds is 6. The first-order valence-corrected chi connectivity index (χ1v) is 5.42. The molecular weight excluding hydrogens is 190 g/mol. The van der Waals surface area contributed by atoms with Crippen molar-refractivity contribution in [3.63, 3.8) is 0 Å². The molecule has 1 aromatic rings. The van der Waals surface area contributed by atoms with Gasteiger partial charge in [-0.25, -0.2) is 0 Å². The molecular formula is C11H21N3O. The summed E-state index contributed by atoms with van der Waals surface area (Å²) in [6.45, 7) is 5.99. The van der Waals surface area contributed by atoms with Crippen LogP contribution in [0.3, 0.4) is 0 Å². The number of ether oxygens (including phenoxy) is 1. The minimum atomic E-state index is 0.514. The predicted octanol–water partition coefficient (Wildman–Crippen LogP) is 1.68. The average Bonchev–Trinajstić information content (AvgIpc) is 2.56. The molecule has 0 bridgehead atoms. The maximum atomic E-state index is 5.09. The van der Waals surface area contributed by atoms with Crippen LogP contribution in [0.2, 0.25) is 0 Å². The van der Waals surface area contributed by atoms with Crippen LogP contribution < -0.4 is 5.32 Å². The number of aromatic nitrogens is 2. The summed E-state index contributed by atoms with van der Waals surface area (Å²) in [5.41, 5.74) is 2.27. The molecule has 0 spiro atoms. The molecule has 1 rings (SSSR count). The van der Waals surface area contributed by atoms with Crippen LogP contribution in [-0.4, -0.2) is 30.0 Å². The molecule has 0 radical (unpaired) electrons. The maximum absolute atomic E-state index is 5.09. The third-order valence-corrected chi connectivity index (χ3v) is 2.33. The first-order chi connectivity index (χ1) is 7.17. The molecule has 0 saturated heterocycles. The third-order valence-electron chi connectivity index (χ3n) is 2.33. The highest BCUT2D eigenvalue weighted by atomic mass is 16.5. The van der Waals surface area contributed by atoms with Gasteiger partial charge in [-0.3, -0.25) is 4.68 Å². The van der Waals surface area contributed by atoms with Gasteiger partial charge in [-0.15, -0.1) is 0 Å². The van der Waals surface area contributed by atoms with E-state index in [0.29, 0.717) is 5.92 Å². The van der Waals surface area contributed by atoms with Crippen molar-refractivity contribution in [2.75, 3.05) is 25.6 Å². The van der Waals surface area contributed by atoms with Crippen molar-refractivity contribution in [3.05, 3.63) is 11.9 Å². The standard InChI is InChI=1S/C11H21N3O/c1-5-10-11(7-14(3)13-10)12-6-9(2)8-15-4/h7,9,12H,5-6,8H2,1-4H3. The molecule has 1 unspecified atom stereocenters. The van der Waals surface area contributed by atoms with Crippen molar-refractivity contribution in [2.24, 2.45) is 13.0 Å². The van der Waals surface area contributed by atoms with Crippen LogP contribution in [0.15, 0.2) is 6.20 Å². The van der Waals surface area contributed by atoms with Crippen molar-refractivity contribution >= 4 is 5.69 Å². The summed E-state index contributed by atoms with van der Waals surface area (Å²) in [5, 5.41) is 7.78. The van der Waals surface area contributed by atoms with Crippen LogP contribution in [0.5, 0.6) is 0 Å². The molecule has 15 heavy (non-hydrogen) atoms. The van der Waals surface area contributed by atoms with Crippen molar-refractivity contribution in [1.82, 2.24) is 9.78 Å². The van der Waals surface area contributed by atoms with E-state index >= 15 is 0 Å². The summed E-state index contributed by atoms with van der Waals surface area (Å²) in [4.78, 5) is 0. The zero-order valence-electron chi connectivity index (χ0n) is 10.1. The second-order valence-electron chi connectivity index (χ2n) is 3.96. The van der Waals surface area contributed by atoms with Crippen LogP contribution >= 0.6 is 0 Å². The van der Waals surface area contributed by atoms with Crippen molar-refractivity contribution in [2.45, 2.75) is 20.3 Å². The summed E-state index contributed by atoms with van der Waals surface area (Å²) in [7, 11) is 3.68. The minimum Gasteiger partial charge on any atom is -0.384 e. The van der Waals surface area contributed by atoms with Crippen LogP contribution in [0.25, 0.3) is 0 Å². The fourth-order valence-electron chi connectivity index (χ4n) is 1.57. The Bertz CT molecular complexity index is 296. The van der Waals surface area contributed by atoms with Gasteiger partial charge in [0.2, 0.25) is 0 Å². The Labute approximate surface area is 91.6 Å². The van der Waals surface area contributed by atoms with E-state index in [1.165, 1.54) is 0 Å². The lowest BCUT2D eigenvalue weighted by Gasteiger charge is -2.11. The summed E-state index contributed by atoms with van der Waals surface area (Å²) in [6, 6.07) is 0. The Morgan fingerprint density at radius 3 is 2.93 bits per heavy atom. The molecule has 0 aromatic carbocycles. The lowest BCUT2D eigenvalue weighted by Crippen LogP contribution is -2.16. The van der Waals surface area contributed by atoms with Crippen molar-refractivity contribution in [1.29, 1.82) is 0 Å². The molecule has 4 nitrogen and oxygen atoms in total. The molecule has 1 atom stereocenters. The summed E-state index contributed by atoms with van der Waals surface area (Å²) in [5.74, 6) is 0.514. The smallest absolute Gasteiger partial charge is 0.0853 e. The van der Waals surface area contributed by atoms with Gasteiger partial charge in [0.05, 0.1) is 18.0 Å². The van der Waals surface area contributed by atoms with Gasteiger partial charge in [-0.2, -0.15) is 5.10 Å². The minimum absolute atomic E-state index is 0.514. The first kappa shape index (κ1) is 12.0. The van der Waals surface area contributed by atoms with Gasteiger partial charge >= 0.3 is 0 Å². The zero-order chi connectivity index (χ0) is 11.3. The Morgan fingerprint density at radius 1 is 1.60 bits per heavy atom. The van der Waals surface area contributed by atoms with Gasteiger partial charge in [0, 0.05) is 26.9 Å². The van der Waals surface area contributed by atoms with E-state index in [0.717, 1.165) is 31.0 Å².